The maximum absolute atomic E-state index is 13.1. The molecule has 8 heteroatoms. The first-order chi connectivity index (χ1) is 14.5. The minimum Gasteiger partial charge on any atom is -0.351 e. The van der Waals surface area contributed by atoms with Crippen LogP contribution in [0.3, 0.4) is 0 Å². The third kappa shape index (κ3) is 4.60. The van der Waals surface area contributed by atoms with Gasteiger partial charge in [0.15, 0.2) is 5.16 Å². The summed E-state index contributed by atoms with van der Waals surface area (Å²) in [6, 6.07) is 13.7. The van der Waals surface area contributed by atoms with Crippen molar-refractivity contribution >= 4 is 29.4 Å². The van der Waals surface area contributed by atoms with Crippen LogP contribution in [0.15, 0.2) is 63.4 Å². The first-order valence-corrected chi connectivity index (χ1v) is 11.5. The van der Waals surface area contributed by atoms with Gasteiger partial charge in [-0.1, -0.05) is 41.6 Å². The second kappa shape index (κ2) is 9.06. The number of rotatable bonds is 6. The molecule has 0 bridgehead atoms. The van der Waals surface area contributed by atoms with Gasteiger partial charge in [0, 0.05) is 18.7 Å². The van der Waals surface area contributed by atoms with Crippen molar-refractivity contribution in [1.29, 1.82) is 0 Å². The minimum absolute atomic E-state index is 0.0828. The van der Waals surface area contributed by atoms with Gasteiger partial charge in [-0.25, -0.2) is 9.37 Å². The number of halogens is 1. The Balaban J connectivity index is 1.52. The van der Waals surface area contributed by atoms with Crippen LogP contribution in [0.25, 0.3) is 5.69 Å². The van der Waals surface area contributed by atoms with Crippen LogP contribution in [-0.2, 0) is 17.8 Å². The fourth-order valence-corrected chi connectivity index (χ4v) is 4.98. The minimum atomic E-state index is -0.310. The number of amides is 1. The molecular weight excluding hydrogens is 421 g/mol. The van der Waals surface area contributed by atoms with Crippen molar-refractivity contribution in [2.24, 2.45) is 0 Å². The van der Waals surface area contributed by atoms with Gasteiger partial charge in [-0.3, -0.25) is 14.2 Å². The van der Waals surface area contributed by atoms with Crippen molar-refractivity contribution in [2.75, 3.05) is 11.5 Å². The zero-order valence-corrected chi connectivity index (χ0v) is 18.0. The SMILES string of the molecule is Cc1ccc(-n2c(SCC(=O)NCc3ccc(F)cc3)nc3c(c2=O)SCC3)cc1. The van der Waals surface area contributed by atoms with E-state index in [4.69, 9.17) is 4.98 Å². The average Bonchev–Trinajstić information content (AvgIpc) is 3.22. The smallest absolute Gasteiger partial charge is 0.272 e. The summed E-state index contributed by atoms with van der Waals surface area (Å²) in [4.78, 5) is 30.8. The van der Waals surface area contributed by atoms with Gasteiger partial charge in [0.1, 0.15) is 5.82 Å². The standard InChI is InChI=1S/C22H20FN3O2S2/c1-14-2-8-17(9-3-14)26-21(28)20-18(10-11-29-20)25-22(26)30-13-19(27)24-12-15-4-6-16(23)7-5-15/h2-9H,10-13H2,1H3,(H,24,27). The number of hydrogen-bond donors (Lipinski definition) is 1. The van der Waals surface area contributed by atoms with Crippen LogP contribution in [0.1, 0.15) is 16.8 Å². The Labute approximate surface area is 182 Å². The molecular formula is C22H20FN3O2S2. The molecule has 1 aliphatic rings. The van der Waals surface area contributed by atoms with Crippen LogP contribution < -0.4 is 10.9 Å². The monoisotopic (exact) mass is 441 g/mol. The lowest BCUT2D eigenvalue weighted by atomic mass is 10.2. The van der Waals surface area contributed by atoms with Crippen LogP contribution in [0.2, 0.25) is 0 Å². The maximum atomic E-state index is 13.1. The number of carbonyl (C=O) groups excluding carboxylic acids is 1. The zero-order chi connectivity index (χ0) is 21.1. The van der Waals surface area contributed by atoms with E-state index in [1.807, 2.05) is 31.2 Å². The van der Waals surface area contributed by atoms with Crippen LogP contribution in [-0.4, -0.2) is 27.0 Å². The zero-order valence-electron chi connectivity index (χ0n) is 16.4. The summed E-state index contributed by atoms with van der Waals surface area (Å²) in [5.74, 6) is 0.489. The molecule has 0 radical (unpaired) electrons. The number of nitrogens with one attached hydrogen (secondary N) is 1. The van der Waals surface area contributed by atoms with Crippen LogP contribution in [0, 0.1) is 12.7 Å². The highest BCUT2D eigenvalue weighted by molar-refractivity contribution is 8.00. The van der Waals surface area contributed by atoms with Crippen molar-refractivity contribution in [2.45, 2.75) is 29.9 Å². The highest BCUT2D eigenvalue weighted by Gasteiger charge is 2.23. The molecule has 1 aromatic heterocycles. The Morgan fingerprint density at radius 2 is 1.93 bits per heavy atom. The van der Waals surface area contributed by atoms with E-state index >= 15 is 0 Å². The lowest BCUT2D eigenvalue weighted by Crippen LogP contribution is -2.27. The lowest BCUT2D eigenvalue weighted by Gasteiger charge is -2.14. The number of carbonyl (C=O) groups is 1. The van der Waals surface area contributed by atoms with Gasteiger partial charge in [0.25, 0.3) is 5.56 Å². The highest BCUT2D eigenvalue weighted by Crippen LogP contribution is 2.30. The normalized spacial score (nSPS) is 12.6. The van der Waals surface area contributed by atoms with Crippen molar-refractivity contribution in [1.82, 2.24) is 14.9 Å². The molecule has 0 fully saturated rings. The summed E-state index contributed by atoms with van der Waals surface area (Å²) in [5, 5.41) is 3.34. The fourth-order valence-electron chi connectivity index (χ4n) is 3.09. The molecule has 2 heterocycles. The molecule has 2 aromatic carbocycles. The first-order valence-electron chi connectivity index (χ1n) is 9.51. The Morgan fingerprint density at radius 3 is 2.67 bits per heavy atom. The van der Waals surface area contributed by atoms with Gasteiger partial charge in [0.2, 0.25) is 5.91 Å². The van der Waals surface area contributed by atoms with E-state index < -0.39 is 0 Å². The number of aromatic nitrogens is 2. The van der Waals surface area contributed by atoms with E-state index in [2.05, 4.69) is 5.32 Å². The molecule has 0 saturated heterocycles. The van der Waals surface area contributed by atoms with Gasteiger partial charge in [-0.05, 0) is 36.8 Å². The topological polar surface area (TPSA) is 64.0 Å². The van der Waals surface area contributed by atoms with Gasteiger partial charge < -0.3 is 5.32 Å². The van der Waals surface area contributed by atoms with Gasteiger partial charge in [-0.2, -0.15) is 0 Å². The Hall–Kier alpha value is -2.58. The van der Waals surface area contributed by atoms with Gasteiger partial charge in [0.05, 0.1) is 22.0 Å². The maximum Gasteiger partial charge on any atom is 0.272 e. The van der Waals surface area contributed by atoms with Crippen LogP contribution in [0.4, 0.5) is 4.39 Å². The molecule has 4 rings (SSSR count). The first kappa shape index (κ1) is 20.7. The fraction of sp³-hybridized carbons (Fsp3) is 0.227. The summed E-state index contributed by atoms with van der Waals surface area (Å²) in [7, 11) is 0. The summed E-state index contributed by atoms with van der Waals surface area (Å²) in [5.41, 5.74) is 3.38. The third-order valence-electron chi connectivity index (χ3n) is 4.69. The van der Waals surface area contributed by atoms with Crippen molar-refractivity contribution in [3.63, 3.8) is 0 Å². The number of thioether (sulfide) groups is 2. The van der Waals surface area contributed by atoms with Crippen molar-refractivity contribution < 1.29 is 9.18 Å². The molecule has 5 nitrogen and oxygen atoms in total. The molecule has 0 saturated carbocycles. The Kier molecular flexibility index (Phi) is 6.24. The summed E-state index contributed by atoms with van der Waals surface area (Å²) in [6.45, 7) is 2.31. The van der Waals surface area contributed by atoms with E-state index in [9.17, 15) is 14.0 Å². The van der Waals surface area contributed by atoms with Crippen molar-refractivity contribution in [3.05, 3.63) is 81.5 Å². The average molecular weight is 442 g/mol. The largest absolute Gasteiger partial charge is 0.351 e. The summed E-state index contributed by atoms with van der Waals surface area (Å²) in [6.07, 6.45) is 0.758. The second-order valence-electron chi connectivity index (χ2n) is 6.94. The van der Waals surface area contributed by atoms with E-state index in [0.717, 1.165) is 34.7 Å². The molecule has 3 aromatic rings. The molecule has 0 aliphatic carbocycles. The molecule has 154 valence electrons. The molecule has 1 N–H and O–H groups in total. The number of aryl methyl sites for hydroxylation is 2. The van der Waals surface area contributed by atoms with E-state index in [0.29, 0.717) is 16.6 Å². The predicted octanol–water partition coefficient (Wildman–Crippen LogP) is 3.74. The number of nitrogens with zero attached hydrogens (tertiary/aromatic N) is 2. The third-order valence-corrected chi connectivity index (χ3v) is 6.74. The number of benzene rings is 2. The molecule has 0 spiro atoms. The number of fused-ring (bicyclic) bond motifs is 1. The summed E-state index contributed by atoms with van der Waals surface area (Å²) < 4.78 is 14.6. The summed E-state index contributed by atoms with van der Waals surface area (Å²) >= 11 is 2.78. The Morgan fingerprint density at radius 1 is 1.20 bits per heavy atom. The molecule has 1 amide bonds. The van der Waals surface area contributed by atoms with Gasteiger partial charge >= 0.3 is 0 Å². The lowest BCUT2D eigenvalue weighted by molar-refractivity contribution is -0.118. The van der Waals surface area contributed by atoms with E-state index in [1.54, 1.807) is 16.7 Å². The number of hydrogen-bond acceptors (Lipinski definition) is 5. The van der Waals surface area contributed by atoms with Crippen LogP contribution >= 0.6 is 23.5 Å². The molecule has 30 heavy (non-hydrogen) atoms. The molecule has 1 aliphatic heterocycles. The quantitative estimate of drug-likeness (QED) is 0.466. The Bertz CT molecular complexity index is 1130. The predicted molar refractivity (Wildman–Crippen MR) is 118 cm³/mol. The highest BCUT2D eigenvalue weighted by atomic mass is 32.2. The van der Waals surface area contributed by atoms with E-state index in [1.165, 1.54) is 35.7 Å². The van der Waals surface area contributed by atoms with Gasteiger partial charge in [-0.15, -0.1) is 11.8 Å². The molecule has 0 unspecified atom stereocenters. The van der Waals surface area contributed by atoms with Crippen LogP contribution in [0.5, 0.6) is 0 Å². The van der Waals surface area contributed by atoms with E-state index in [-0.39, 0.29) is 23.0 Å². The van der Waals surface area contributed by atoms with Crippen molar-refractivity contribution in [3.8, 4) is 5.69 Å². The molecule has 0 atom stereocenters. The second-order valence-corrected chi connectivity index (χ2v) is 8.98.